The number of carboxylic acid groups (broad SMARTS) is 1. The zero-order valence-electron chi connectivity index (χ0n) is 14.6. The molecule has 7 nitrogen and oxygen atoms in total. The lowest BCUT2D eigenvalue weighted by molar-refractivity contribution is -0.152. The number of nitrogens with zero attached hydrogens (tertiary/aromatic N) is 2. The van der Waals surface area contributed by atoms with E-state index in [0.29, 0.717) is 40.9 Å². The zero-order chi connectivity index (χ0) is 19.4. The first-order valence-electron chi connectivity index (χ1n) is 8.78. The Kier molecular flexibility index (Phi) is 6.33. The van der Waals surface area contributed by atoms with Crippen molar-refractivity contribution in [2.24, 2.45) is 0 Å². The molecule has 0 spiro atoms. The first-order chi connectivity index (χ1) is 13.0. The van der Waals surface area contributed by atoms with Gasteiger partial charge in [-0.15, -0.1) is 0 Å². The number of thiocarbonyl (C=S) groups is 1. The molecule has 27 heavy (non-hydrogen) atoms. The quantitative estimate of drug-likeness (QED) is 0.572. The molecule has 0 radical (unpaired) electrons. The van der Waals surface area contributed by atoms with Gasteiger partial charge in [0.2, 0.25) is 5.91 Å². The Morgan fingerprint density at radius 1 is 1.41 bits per heavy atom. The highest BCUT2D eigenvalue weighted by Gasteiger charge is 2.34. The molecule has 2 amide bonds. The van der Waals surface area contributed by atoms with Crippen LogP contribution in [0.15, 0.2) is 27.7 Å². The predicted molar refractivity (Wildman–Crippen MR) is 105 cm³/mol. The molecule has 144 valence electrons. The van der Waals surface area contributed by atoms with Gasteiger partial charge in [-0.25, -0.2) is 4.79 Å². The van der Waals surface area contributed by atoms with Gasteiger partial charge in [0, 0.05) is 25.6 Å². The molecule has 3 heterocycles. The summed E-state index contributed by atoms with van der Waals surface area (Å²) in [7, 11) is 0. The van der Waals surface area contributed by atoms with Crippen molar-refractivity contribution in [2.75, 3.05) is 13.1 Å². The molecule has 2 saturated heterocycles. The molecule has 3 rings (SSSR count). The van der Waals surface area contributed by atoms with Gasteiger partial charge in [-0.3, -0.25) is 14.5 Å². The lowest BCUT2D eigenvalue weighted by Gasteiger charge is -2.33. The van der Waals surface area contributed by atoms with E-state index in [9.17, 15) is 19.5 Å². The van der Waals surface area contributed by atoms with Crippen LogP contribution < -0.4 is 0 Å². The Bertz CT molecular complexity index is 775. The van der Waals surface area contributed by atoms with E-state index in [0.717, 1.165) is 12.8 Å². The number of carbonyl (C=O) groups is 3. The Morgan fingerprint density at radius 2 is 2.22 bits per heavy atom. The van der Waals surface area contributed by atoms with Crippen molar-refractivity contribution in [1.29, 1.82) is 0 Å². The van der Waals surface area contributed by atoms with Gasteiger partial charge in [-0.2, -0.15) is 0 Å². The summed E-state index contributed by atoms with van der Waals surface area (Å²) in [4.78, 5) is 39.7. The Hall–Kier alpha value is -2.13. The fourth-order valence-electron chi connectivity index (χ4n) is 3.21. The number of hydrogen-bond donors (Lipinski definition) is 1. The number of piperidine rings is 1. The van der Waals surface area contributed by atoms with E-state index in [1.54, 1.807) is 18.2 Å². The largest absolute Gasteiger partial charge is 0.480 e. The molecule has 1 unspecified atom stereocenters. The highest BCUT2D eigenvalue weighted by Crippen LogP contribution is 2.32. The van der Waals surface area contributed by atoms with Crippen molar-refractivity contribution in [3.63, 3.8) is 0 Å². The minimum atomic E-state index is -0.956. The minimum absolute atomic E-state index is 0.182. The minimum Gasteiger partial charge on any atom is -0.480 e. The van der Waals surface area contributed by atoms with Crippen LogP contribution in [0.5, 0.6) is 0 Å². The average Bonchev–Trinajstić information content (AvgIpc) is 3.25. The van der Waals surface area contributed by atoms with Crippen molar-refractivity contribution in [2.45, 2.75) is 38.1 Å². The number of thioether (sulfide) groups is 1. The molecule has 2 fully saturated rings. The molecule has 0 saturated carbocycles. The molecule has 1 N–H and O–H groups in total. The van der Waals surface area contributed by atoms with Gasteiger partial charge in [0.15, 0.2) is 0 Å². The first kappa shape index (κ1) is 19.6. The monoisotopic (exact) mass is 408 g/mol. The van der Waals surface area contributed by atoms with Crippen LogP contribution in [0.2, 0.25) is 0 Å². The lowest BCUT2D eigenvalue weighted by Crippen LogP contribution is -2.48. The van der Waals surface area contributed by atoms with Crippen LogP contribution in [-0.2, 0) is 14.4 Å². The van der Waals surface area contributed by atoms with Gasteiger partial charge in [-0.1, -0.05) is 24.0 Å². The van der Waals surface area contributed by atoms with Crippen molar-refractivity contribution in [3.05, 3.63) is 29.1 Å². The van der Waals surface area contributed by atoms with Crippen LogP contribution in [0.1, 0.15) is 37.9 Å². The number of aliphatic carboxylic acids is 1. The van der Waals surface area contributed by atoms with Crippen molar-refractivity contribution >= 4 is 52.2 Å². The van der Waals surface area contributed by atoms with Crippen molar-refractivity contribution in [1.82, 2.24) is 9.80 Å². The standard InChI is InChI=1S/C18H20N2O5S2/c21-15(19-8-2-1-6-13(19)17(23)24)7-3-9-20-16(22)14(27-18(20)26)11-12-5-4-10-25-12/h4-5,10-11,13H,1-3,6-9H2,(H,23,24)/b14-11+. The number of hydrogen-bond acceptors (Lipinski definition) is 6. The van der Waals surface area contributed by atoms with E-state index < -0.39 is 12.0 Å². The topological polar surface area (TPSA) is 91.1 Å². The second-order valence-electron chi connectivity index (χ2n) is 6.39. The smallest absolute Gasteiger partial charge is 0.326 e. The molecule has 2 aliphatic rings. The van der Waals surface area contributed by atoms with E-state index in [1.807, 2.05) is 0 Å². The van der Waals surface area contributed by atoms with E-state index in [2.05, 4.69) is 0 Å². The SMILES string of the molecule is O=C(O)C1CCCCN1C(=O)CCCN1C(=O)/C(=C\c2ccco2)SC1=S. The summed E-state index contributed by atoms with van der Waals surface area (Å²) >= 11 is 6.48. The molecule has 9 heteroatoms. The maximum atomic E-state index is 12.5. The third-order valence-electron chi connectivity index (χ3n) is 4.57. The second-order valence-corrected chi connectivity index (χ2v) is 8.07. The number of amides is 2. The van der Waals surface area contributed by atoms with Gasteiger partial charge >= 0.3 is 5.97 Å². The normalized spacial score (nSPS) is 21.9. The molecular formula is C18H20N2O5S2. The first-order valence-corrected chi connectivity index (χ1v) is 10.0. The third kappa shape index (κ3) is 4.59. The number of furan rings is 1. The maximum absolute atomic E-state index is 12.5. The Morgan fingerprint density at radius 3 is 2.93 bits per heavy atom. The van der Waals surface area contributed by atoms with Gasteiger partial charge in [0.05, 0.1) is 11.2 Å². The molecular weight excluding hydrogens is 388 g/mol. The molecule has 0 aromatic carbocycles. The highest BCUT2D eigenvalue weighted by atomic mass is 32.2. The third-order valence-corrected chi connectivity index (χ3v) is 5.95. The van der Waals surface area contributed by atoms with Gasteiger partial charge < -0.3 is 14.4 Å². The Labute approximate surface area is 166 Å². The second kappa shape index (κ2) is 8.71. The average molecular weight is 409 g/mol. The van der Waals surface area contributed by atoms with Crippen LogP contribution >= 0.6 is 24.0 Å². The molecule has 0 aliphatic carbocycles. The highest BCUT2D eigenvalue weighted by molar-refractivity contribution is 8.26. The van der Waals surface area contributed by atoms with Gasteiger partial charge in [0.25, 0.3) is 5.91 Å². The van der Waals surface area contributed by atoms with E-state index in [1.165, 1.54) is 27.8 Å². The van der Waals surface area contributed by atoms with Gasteiger partial charge in [-0.05, 0) is 37.8 Å². The molecule has 2 aliphatic heterocycles. The zero-order valence-corrected chi connectivity index (χ0v) is 16.3. The summed E-state index contributed by atoms with van der Waals surface area (Å²) < 4.78 is 5.67. The van der Waals surface area contributed by atoms with E-state index in [4.69, 9.17) is 16.6 Å². The van der Waals surface area contributed by atoms with Gasteiger partial charge in [0.1, 0.15) is 16.1 Å². The molecule has 1 aromatic rings. The fourth-order valence-corrected chi connectivity index (χ4v) is 4.50. The lowest BCUT2D eigenvalue weighted by atomic mass is 10.0. The van der Waals surface area contributed by atoms with Crippen molar-refractivity contribution < 1.29 is 23.9 Å². The number of rotatable bonds is 6. The summed E-state index contributed by atoms with van der Waals surface area (Å²) in [6, 6.07) is 2.76. The number of carbonyl (C=O) groups excluding carboxylic acids is 2. The fraction of sp³-hybridized carbons (Fsp3) is 0.444. The van der Waals surface area contributed by atoms with E-state index in [-0.39, 0.29) is 18.2 Å². The van der Waals surface area contributed by atoms with Crippen molar-refractivity contribution in [3.8, 4) is 0 Å². The summed E-state index contributed by atoms with van der Waals surface area (Å²) in [5.74, 6) is -0.757. The summed E-state index contributed by atoms with van der Waals surface area (Å²) in [6.07, 6.45) is 5.94. The molecule has 1 atom stereocenters. The van der Waals surface area contributed by atoms with Crippen LogP contribution in [0.4, 0.5) is 0 Å². The Balaban J connectivity index is 1.54. The summed E-state index contributed by atoms with van der Waals surface area (Å²) in [6.45, 7) is 0.806. The summed E-state index contributed by atoms with van der Waals surface area (Å²) in [5, 5.41) is 9.28. The van der Waals surface area contributed by atoms with Crippen LogP contribution in [0.3, 0.4) is 0 Å². The molecule has 0 bridgehead atoms. The number of carboxylic acids is 1. The van der Waals surface area contributed by atoms with Crippen LogP contribution in [0, 0.1) is 0 Å². The van der Waals surface area contributed by atoms with E-state index >= 15 is 0 Å². The summed E-state index contributed by atoms with van der Waals surface area (Å²) in [5.41, 5.74) is 0. The maximum Gasteiger partial charge on any atom is 0.326 e. The number of likely N-dealkylation sites (tertiary alicyclic amines) is 1. The molecule has 1 aromatic heterocycles. The van der Waals surface area contributed by atoms with Crippen LogP contribution in [-0.4, -0.2) is 56.1 Å². The van der Waals surface area contributed by atoms with Crippen LogP contribution in [0.25, 0.3) is 6.08 Å². The predicted octanol–water partition coefficient (Wildman–Crippen LogP) is 2.73.